The van der Waals surface area contributed by atoms with Crippen LogP contribution in [0.15, 0.2) is 30.3 Å². The zero-order valence-electron chi connectivity index (χ0n) is 16.9. The third kappa shape index (κ3) is 5.43. The molecule has 0 aliphatic heterocycles. The molecule has 4 saturated carbocycles. The molecule has 3 amide bonds. The van der Waals surface area contributed by atoms with Crippen molar-refractivity contribution < 1.29 is 9.59 Å². The maximum Gasteiger partial charge on any atom is 0.315 e. The molecule has 0 radical (unpaired) electrons. The first-order valence-corrected chi connectivity index (χ1v) is 10.6. The lowest BCUT2D eigenvalue weighted by Gasteiger charge is -2.56. The van der Waals surface area contributed by atoms with Crippen molar-refractivity contribution in [2.24, 2.45) is 23.5 Å². The van der Waals surface area contributed by atoms with Gasteiger partial charge in [-0.1, -0.05) is 30.3 Å². The lowest BCUT2D eigenvalue weighted by atomic mass is 9.53. The summed E-state index contributed by atoms with van der Waals surface area (Å²) in [7, 11) is 0. The molecule has 4 bridgehead atoms. The van der Waals surface area contributed by atoms with Crippen LogP contribution in [0.25, 0.3) is 0 Å². The highest BCUT2D eigenvalue weighted by Gasteiger charge is 2.51. The van der Waals surface area contributed by atoms with Crippen LogP contribution in [0.3, 0.4) is 0 Å². The van der Waals surface area contributed by atoms with Crippen LogP contribution in [0.4, 0.5) is 4.79 Å². The number of hydrogen-bond acceptors (Lipinski definition) is 3. The van der Waals surface area contributed by atoms with Crippen molar-refractivity contribution in [2.45, 2.75) is 56.5 Å². The lowest BCUT2D eigenvalue weighted by Crippen LogP contribution is -2.61. The molecule has 160 valence electrons. The number of nitrogens with two attached hydrogens (primary N) is 1. The van der Waals surface area contributed by atoms with Gasteiger partial charge in [0.15, 0.2) is 0 Å². The molecule has 4 aliphatic rings. The van der Waals surface area contributed by atoms with Gasteiger partial charge in [-0.15, -0.1) is 12.4 Å². The first-order valence-electron chi connectivity index (χ1n) is 10.6. The highest BCUT2D eigenvalue weighted by Crippen LogP contribution is 2.55. The molecular formula is C22H33ClN4O2. The summed E-state index contributed by atoms with van der Waals surface area (Å²) < 4.78 is 0. The molecule has 5 rings (SSSR count). The van der Waals surface area contributed by atoms with Crippen molar-refractivity contribution in [3.63, 3.8) is 0 Å². The van der Waals surface area contributed by atoms with Gasteiger partial charge in [-0.2, -0.15) is 0 Å². The molecule has 1 atom stereocenters. The molecule has 4 aliphatic carbocycles. The van der Waals surface area contributed by atoms with Gasteiger partial charge in [-0.05, 0) is 61.8 Å². The summed E-state index contributed by atoms with van der Waals surface area (Å²) in [4.78, 5) is 24.4. The number of rotatable bonds is 7. The van der Waals surface area contributed by atoms with Crippen LogP contribution < -0.4 is 21.7 Å². The molecular weight excluding hydrogens is 388 g/mol. The molecule has 0 spiro atoms. The maximum atomic E-state index is 12.4. The number of nitrogens with one attached hydrogen (secondary N) is 3. The molecule has 1 aromatic carbocycles. The Morgan fingerprint density at radius 1 is 1.00 bits per heavy atom. The van der Waals surface area contributed by atoms with E-state index in [4.69, 9.17) is 5.73 Å². The highest BCUT2D eigenvalue weighted by molar-refractivity contribution is 5.85. The number of benzene rings is 1. The van der Waals surface area contributed by atoms with Crippen LogP contribution in [0.5, 0.6) is 0 Å². The predicted octanol–water partition coefficient (Wildman–Crippen LogP) is 2.88. The Morgan fingerprint density at radius 3 is 2.17 bits per heavy atom. The van der Waals surface area contributed by atoms with Crippen molar-refractivity contribution in [1.82, 2.24) is 16.0 Å². The summed E-state index contributed by atoms with van der Waals surface area (Å²) in [5.41, 5.74) is 7.09. The Bertz CT molecular complexity index is 677. The topological polar surface area (TPSA) is 96.2 Å². The fraction of sp³-hybridized carbons (Fsp3) is 0.636. The van der Waals surface area contributed by atoms with E-state index in [-0.39, 0.29) is 42.3 Å². The Morgan fingerprint density at radius 2 is 1.59 bits per heavy atom. The van der Waals surface area contributed by atoms with Crippen molar-refractivity contribution in [3.05, 3.63) is 35.9 Å². The minimum absolute atomic E-state index is 0. The van der Waals surface area contributed by atoms with E-state index >= 15 is 0 Å². The van der Waals surface area contributed by atoms with Crippen LogP contribution >= 0.6 is 12.4 Å². The number of urea groups is 1. The number of amides is 3. The van der Waals surface area contributed by atoms with Crippen LogP contribution in [0, 0.1) is 17.8 Å². The SMILES string of the molecule is Cl.NC(CNC(=O)CCNC(=O)NC12CC3CC(CC(C3)C1)C2)c1ccccc1. The molecule has 0 aromatic heterocycles. The number of carbonyl (C=O) groups is 2. The van der Waals surface area contributed by atoms with Crippen LogP contribution in [-0.4, -0.2) is 30.6 Å². The first-order chi connectivity index (χ1) is 13.5. The second-order valence-electron chi connectivity index (χ2n) is 9.15. The summed E-state index contributed by atoms with van der Waals surface area (Å²) >= 11 is 0. The molecule has 6 nitrogen and oxygen atoms in total. The van der Waals surface area contributed by atoms with Gasteiger partial charge in [0.2, 0.25) is 5.91 Å². The van der Waals surface area contributed by atoms with Crippen molar-refractivity contribution in [3.8, 4) is 0 Å². The van der Waals surface area contributed by atoms with E-state index in [2.05, 4.69) is 16.0 Å². The summed E-state index contributed by atoms with van der Waals surface area (Å²) in [5, 5.41) is 8.98. The molecule has 7 heteroatoms. The smallest absolute Gasteiger partial charge is 0.315 e. The van der Waals surface area contributed by atoms with E-state index in [0.717, 1.165) is 42.6 Å². The van der Waals surface area contributed by atoms with E-state index in [0.29, 0.717) is 13.1 Å². The van der Waals surface area contributed by atoms with Gasteiger partial charge in [0.1, 0.15) is 0 Å². The minimum atomic E-state index is -0.225. The van der Waals surface area contributed by atoms with Crippen molar-refractivity contribution in [1.29, 1.82) is 0 Å². The third-order valence-corrected chi connectivity index (χ3v) is 6.80. The van der Waals surface area contributed by atoms with Gasteiger partial charge < -0.3 is 21.7 Å². The third-order valence-electron chi connectivity index (χ3n) is 6.80. The molecule has 1 aromatic rings. The predicted molar refractivity (Wildman–Crippen MR) is 116 cm³/mol. The fourth-order valence-electron chi connectivity index (χ4n) is 5.97. The summed E-state index contributed by atoms with van der Waals surface area (Å²) in [5.74, 6) is 2.30. The molecule has 0 saturated heterocycles. The highest BCUT2D eigenvalue weighted by atomic mass is 35.5. The Hall–Kier alpha value is -1.79. The van der Waals surface area contributed by atoms with Crippen molar-refractivity contribution in [2.75, 3.05) is 13.1 Å². The molecule has 0 heterocycles. The quantitative estimate of drug-likeness (QED) is 0.546. The largest absolute Gasteiger partial charge is 0.354 e. The Balaban J connectivity index is 0.00000240. The Kier molecular flexibility index (Phi) is 7.06. The van der Waals surface area contributed by atoms with Gasteiger partial charge in [-0.3, -0.25) is 4.79 Å². The summed E-state index contributed by atoms with van der Waals surface area (Å²) in [6, 6.07) is 9.36. The second kappa shape index (κ2) is 9.35. The summed E-state index contributed by atoms with van der Waals surface area (Å²) in [6.45, 7) is 0.729. The van der Waals surface area contributed by atoms with Gasteiger partial charge in [0.25, 0.3) is 0 Å². The molecule has 4 fully saturated rings. The van der Waals surface area contributed by atoms with Gasteiger partial charge in [0, 0.05) is 31.1 Å². The number of carbonyl (C=O) groups excluding carboxylic acids is 2. The molecule has 5 N–H and O–H groups in total. The minimum Gasteiger partial charge on any atom is -0.354 e. The van der Waals surface area contributed by atoms with Gasteiger partial charge in [-0.25, -0.2) is 4.79 Å². The maximum absolute atomic E-state index is 12.4. The van der Waals surface area contributed by atoms with Gasteiger partial charge >= 0.3 is 6.03 Å². The first kappa shape index (κ1) is 21.9. The average Bonchev–Trinajstić information content (AvgIpc) is 2.65. The number of halogens is 1. The number of hydrogen-bond donors (Lipinski definition) is 4. The molecule has 29 heavy (non-hydrogen) atoms. The van der Waals surface area contributed by atoms with Gasteiger partial charge in [0.05, 0.1) is 0 Å². The normalized spacial score (nSPS) is 30.2. The van der Waals surface area contributed by atoms with E-state index in [1.165, 1.54) is 19.3 Å². The summed E-state index contributed by atoms with van der Waals surface area (Å²) in [6.07, 6.45) is 7.71. The van der Waals surface area contributed by atoms with E-state index in [1.54, 1.807) is 0 Å². The molecule has 1 unspecified atom stereocenters. The van der Waals surface area contributed by atoms with Crippen LogP contribution in [0.2, 0.25) is 0 Å². The zero-order chi connectivity index (χ0) is 19.6. The van der Waals surface area contributed by atoms with Crippen molar-refractivity contribution >= 4 is 24.3 Å². The van der Waals surface area contributed by atoms with Crippen LogP contribution in [-0.2, 0) is 4.79 Å². The van der Waals surface area contributed by atoms with Crippen LogP contribution in [0.1, 0.15) is 56.6 Å². The van der Waals surface area contributed by atoms with E-state index in [9.17, 15) is 9.59 Å². The van der Waals surface area contributed by atoms with E-state index < -0.39 is 0 Å². The fourth-order valence-corrected chi connectivity index (χ4v) is 5.97. The lowest BCUT2D eigenvalue weighted by molar-refractivity contribution is -0.121. The zero-order valence-corrected chi connectivity index (χ0v) is 17.7. The average molecular weight is 421 g/mol. The standard InChI is InChI=1S/C22H32N4O2.ClH/c23-19(18-4-2-1-3-5-18)14-25-20(27)6-7-24-21(28)26-22-11-15-8-16(12-22)10-17(9-15)13-22;/h1-5,15-17,19H,6-14,23H2,(H,25,27)(H2,24,26,28);1H. The Labute approximate surface area is 179 Å². The monoisotopic (exact) mass is 420 g/mol. The van der Waals surface area contributed by atoms with E-state index in [1.807, 2.05) is 30.3 Å². The second-order valence-corrected chi connectivity index (χ2v) is 9.15.